The van der Waals surface area contributed by atoms with Crippen LogP contribution in [0.5, 0.6) is 0 Å². The molecule has 1 nitrogen and oxygen atoms in total. The maximum atomic E-state index is 13.4. The zero-order chi connectivity index (χ0) is 23.7. The lowest BCUT2D eigenvalue weighted by Gasteiger charge is -2.35. The molecule has 2 atom stereocenters. The molecule has 0 aromatic rings. The van der Waals surface area contributed by atoms with Gasteiger partial charge >= 0.3 is 35.5 Å². The summed E-state index contributed by atoms with van der Waals surface area (Å²) in [5.41, 5.74) is 0. The Morgan fingerprint density at radius 2 is 0.759 bits per heavy atom. The number of hydrogen-bond donors (Lipinski definition) is 0. The number of alkyl halides is 14. The molecule has 0 aliphatic heterocycles. The molecule has 0 aliphatic rings. The number of ether oxygens (including phenoxy) is 1. The lowest BCUT2D eigenvalue weighted by molar-refractivity contribution is -0.323. The Kier molecular flexibility index (Phi) is 8.31. The first-order valence-corrected chi connectivity index (χ1v) is 7.66. The van der Waals surface area contributed by atoms with Gasteiger partial charge in [-0.25, -0.2) is 8.78 Å². The summed E-state index contributed by atoms with van der Waals surface area (Å²) < 4.78 is 185. The Labute approximate surface area is 155 Å². The standard InChI is InChI=1S/C14H16F14O/c1-7(3-9(17,18)13(25,26)11(21,22)5-15)29-8(2)4-10(19,20)14(27,28)12(23,24)6-16/h7-8H,3-6H2,1-2H3. The van der Waals surface area contributed by atoms with E-state index in [1.54, 1.807) is 0 Å². The van der Waals surface area contributed by atoms with Crippen LogP contribution in [0.3, 0.4) is 0 Å². The van der Waals surface area contributed by atoms with Crippen LogP contribution in [-0.4, -0.2) is 61.1 Å². The smallest absolute Gasteiger partial charge is 0.374 e. The first-order chi connectivity index (χ1) is 12.6. The molecule has 0 saturated carbocycles. The SMILES string of the molecule is CC(CC(F)(F)C(F)(F)C(F)(F)CF)OC(C)CC(F)(F)C(F)(F)C(F)(F)CF. The predicted octanol–water partition coefficient (Wildman–Crippen LogP) is 6.31. The average Bonchev–Trinajstić information content (AvgIpc) is 2.52. The molecule has 0 radical (unpaired) electrons. The van der Waals surface area contributed by atoms with E-state index < -0.39 is 73.9 Å². The summed E-state index contributed by atoms with van der Waals surface area (Å²) in [5.74, 6) is -35.2. The van der Waals surface area contributed by atoms with Gasteiger partial charge in [0.25, 0.3) is 0 Å². The van der Waals surface area contributed by atoms with E-state index in [2.05, 4.69) is 4.74 Å². The van der Waals surface area contributed by atoms with E-state index in [-0.39, 0.29) is 0 Å². The highest BCUT2D eigenvalue weighted by molar-refractivity contribution is 4.98. The summed E-state index contributed by atoms with van der Waals surface area (Å²) in [6.45, 7) is -5.32. The van der Waals surface area contributed by atoms with Crippen molar-refractivity contribution in [1.82, 2.24) is 0 Å². The monoisotopic (exact) mass is 466 g/mol. The minimum atomic E-state index is -6.21. The molecule has 2 unspecified atom stereocenters. The first-order valence-electron chi connectivity index (χ1n) is 7.66. The van der Waals surface area contributed by atoms with E-state index in [9.17, 15) is 61.5 Å². The molecule has 29 heavy (non-hydrogen) atoms. The highest BCUT2D eigenvalue weighted by Crippen LogP contribution is 2.50. The molecule has 0 saturated heterocycles. The topological polar surface area (TPSA) is 9.23 Å². The van der Waals surface area contributed by atoms with Crippen molar-refractivity contribution in [3.8, 4) is 0 Å². The summed E-state index contributed by atoms with van der Waals surface area (Å²) in [5, 5.41) is 0. The van der Waals surface area contributed by atoms with Gasteiger partial charge in [0.1, 0.15) is 0 Å². The van der Waals surface area contributed by atoms with Gasteiger partial charge in [-0.05, 0) is 13.8 Å². The molecule has 0 rings (SSSR count). The van der Waals surface area contributed by atoms with E-state index in [0.717, 1.165) is 0 Å². The number of halogens is 14. The Morgan fingerprint density at radius 1 is 0.517 bits per heavy atom. The van der Waals surface area contributed by atoms with Crippen LogP contribution in [0.1, 0.15) is 26.7 Å². The molecule has 0 aromatic heterocycles. The highest BCUT2D eigenvalue weighted by atomic mass is 19.4. The summed E-state index contributed by atoms with van der Waals surface area (Å²) in [7, 11) is 0. The van der Waals surface area contributed by atoms with Crippen LogP contribution in [0, 0.1) is 0 Å². The minimum Gasteiger partial charge on any atom is -0.375 e. The van der Waals surface area contributed by atoms with Crippen LogP contribution in [0.25, 0.3) is 0 Å². The fraction of sp³-hybridized carbons (Fsp3) is 1.00. The van der Waals surface area contributed by atoms with Crippen molar-refractivity contribution >= 4 is 0 Å². The minimum absolute atomic E-state index is 0.487. The fourth-order valence-corrected chi connectivity index (χ4v) is 2.17. The normalized spacial score (nSPS) is 17.4. The fourth-order valence-electron chi connectivity index (χ4n) is 2.17. The molecule has 176 valence electrons. The Morgan fingerprint density at radius 3 is 0.966 bits per heavy atom. The Hall–Kier alpha value is -1.02. The van der Waals surface area contributed by atoms with E-state index in [0.29, 0.717) is 13.8 Å². The third-order valence-corrected chi connectivity index (χ3v) is 3.73. The number of hydrogen-bond acceptors (Lipinski definition) is 1. The molecule has 0 N–H and O–H groups in total. The van der Waals surface area contributed by atoms with Crippen molar-refractivity contribution in [3.63, 3.8) is 0 Å². The first kappa shape index (κ1) is 28.0. The van der Waals surface area contributed by atoms with Crippen molar-refractivity contribution in [2.24, 2.45) is 0 Å². The second-order valence-electron chi connectivity index (χ2n) is 6.40. The molecule has 0 aliphatic carbocycles. The summed E-state index contributed by atoms with van der Waals surface area (Å²) >= 11 is 0. The molecule has 0 heterocycles. The quantitative estimate of drug-likeness (QED) is 0.307. The lowest BCUT2D eigenvalue weighted by atomic mass is 9.98. The van der Waals surface area contributed by atoms with Crippen molar-refractivity contribution in [2.45, 2.75) is 74.4 Å². The molecule has 0 amide bonds. The van der Waals surface area contributed by atoms with Gasteiger partial charge in [-0.15, -0.1) is 0 Å². The van der Waals surface area contributed by atoms with Crippen molar-refractivity contribution in [2.75, 3.05) is 13.3 Å². The van der Waals surface area contributed by atoms with E-state index in [1.807, 2.05) is 0 Å². The van der Waals surface area contributed by atoms with Crippen LogP contribution in [0.15, 0.2) is 0 Å². The average molecular weight is 466 g/mol. The highest BCUT2D eigenvalue weighted by Gasteiger charge is 2.72. The molecular weight excluding hydrogens is 450 g/mol. The van der Waals surface area contributed by atoms with Gasteiger partial charge in [-0.1, -0.05) is 0 Å². The molecule has 0 spiro atoms. The number of rotatable bonds is 12. The third kappa shape index (κ3) is 5.57. The zero-order valence-corrected chi connectivity index (χ0v) is 14.7. The molecule has 15 heteroatoms. The van der Waals surface area contributed by atoms with Gasteiger partial charge in [0, 0.05) is 12.8 Å². The summed E-state index contributed by atoms with van der Waals surface area (Å²) in [6.07, 6.45) is -9.06. The zero-order valence-electron chi connectivity index (χ0n) is 14.7. The van der Waals surface area contributed by atoms with Crippen molar-refractivity contribution < 1.29 is 66.2 Å². The lowest BCUT2D eigenvalue weighted by Crippen LogP contribution is -2.57. The van der Waals surface area contributed by atoms with Gasteiger partial charge in [0.2, 0.25) is 0 Å². The van der Waals surface area contributed by atoms with Crippen LogP contribution in [-0.2, 0) is 4.74 Å². The molecule has 0 aromatic carbocycles. The Balaban J connectivity index is 5.23. The summed E-state index contributed by atoms with van der Waals surface area (Å²) in [4.78, 5) is 0. The van der Waals surface area contributed by atoms with Crippen LogP contribution in [0.4, 0.5) is 61.5 Å². The molecular formula is C14H16F14O. The van der Waals surface area contributed by atoms with Gasteiger partial charge in [0.15, 0.2) is 13.3 Å². The van der Waals surface area contributed by atoms with Crippen LogP contribution >= 0.6 is 0 Å². The predicted molar refractivity (Wildman–Crippen MR) is 70.9 cm³/mol. The van der Waals surface area contributed by atoms with Gasteiger partial charge in [-0.3, -0.25) is 0 Å². The van der Waals surface area contributed by atoms with Crippen molar-refractivity contribution in [1.29, 1.82) is 0 Å². The Bertz CT molecular complexity index is 486. The second kappa shape index (κ2) is 8.61. The van der Waals surface area contributed by atoms with E-state index in [1.165, 1.54) is 0 Å². The maximum absolute atomic E-state index is 13.4. The van der Waals surface area contributed by atoms with Gasteiger partial charge in [0.05, 0.1) is 12.2 Å². The molecule has 0 bridgehead atoms. The molecule has 0 fully saturated rings. The van der Waals surface area contributed by atoms with E-state index >= 15 is 0 Å². The maximum Gasteiger partial charge on any atom is 0.374 e. The van der Waals surface area contributed by atoms with E-state index in [4.69, 9.17) is 0 Å². The largest absolute Gasteiger partial charge is 0.375 e. The van der Waals surface area contributed by atoms with Crippen LogP contribution < -0.4 is 0 Å². The summed E-state index contributed by atoms with van der Waals surface area (Å²) in [6, 6.07) is 0. The van der Waals surface area contributed by atoms with Crippen LogP contribution in [0.2, 0.25) is 0 Å². The third-order valence-electron chi connectivity index (χ3n) is 3.73. The van der Waals surface area contributed by atoms with Crippen molar-refractivity contribution in [3.05, 3.63) is 0 Å². The van der Waals surface area contributed by atoms with Gasteiger partial charge in [-0.2, -0.15) is 52.7 Å². The second-order valence-corrected chi connectivity index (χ2v) is 6.40. The van der Waals surface area contributed by atoms with Gasteiger partial charge < -0.3 is 4.74 Å².